The molecule has 0 radical (unpaired) electrons. The van der Waals surface area contributed by atoms with Crippen molar-refractivity contribution in [2.75, 3.05) is 0 Å². The van der Waals surface area contributed by atoms with Crippen molar-refractivity contribution in [3.8, 4) is 0 Å². The lowest BCUT2D eigenvalue weighted by Crippen LogP contribution is -2.41. The van der Waals surface area contributed by atoms with Crippen LogP contribution in [0.4, 0.5) is 0 Å². The van der Waals surface area contributed by atoms with E-state index >= 15 is 0 Å². The van der Waals surface area contributed by atoms with Crippen LogP contribution < -0.4 is 10.9 Å². The molecular weight excluding hydrogens is 368 g/mol. The minimum absolute atomic E-state index is 0.0630. The Morgan fingerprint density at radius 1 is 1.21 bits per heavy atom. The van der Waals surface area contributed by atoms with Crippen LogP contribution in [0.3, 0.4) is 0 Å². The summed E-state index contributed by atoms with van der Waals surface area (Å²) in [5.74, 6) is -0.294. The van der Waals surface area contributed by atoms with Crippen molar-refractivity contribution >= 4 is 5.91 Å². The molecule has 1 fully saturated rings. The van der Waals surface area contributed by atoms with Crippen molar-refractivity contribution in [3.63, 3.8) is 0 Å². The van der Waals surface area contributed by atoms with E-state index in [4.69, 9.17) is 0 Å². The molecule has 0 unspecified atom stereocenters. The van der Waals surface area contributed by atoms with E-state index in [-0.39, 0.29) is 23.1 Å². The molecule has 3 aromatic heterocycles. The molecule has 1 aliphatic carbocycles. The van der Waals surface area contributed by atoms with E-state index in [0.717, 1.165) is 31.2 Å². The minimum atomic E-state index is -0.294. The average Bonchev–Trinajstić information content (AvgIpc) is 3.26. The number of aryl methyl sites for hydroxylation is 1. The summed E-state index contributed by atoms with van der Waals surface area (Å²) in [6.07, 6.45) is 12.0. The number of hydrogen-bond acceptors (Lipinski definition) is 5. The summed E-state index contributed by atoms with van der Waals surface area (Å²) in [7, 11) is 0. The molecule has 3 aromatic rings. The standard InChI is InChI=1S/C21H24N6O2/c1-15-8-10-26(12-16-3-2-9-22-11-16)21(29)19(15)20(28)25-17-4-6-18(7-5-17)27-14-23-13-24-27/h2-3,8-11,13-14,17-18H,4-7,12H2,1H3,(H,25,28). The fourth-order valence-electron chi connectivity index (χ4n) is 3.90. The smallest absolute Gasteiger partial charge is 0.263 e. The summed E-state index contributed by atoms with van der Waals surface area (Å²) >= 11 is 0. The van der Waals surface area contributed by atoms with Crippen molar-refractivity contribution in [1.82, 2.24) is 29.6 Å². The molecule has 1 saturated carbocycles. The fraction of sp³-hybridized carbons (Fsp3) is 0.381. The van der Waals surface area contributed by atoms with Gasteiger partial charge in [0.25, 0.3) is 11.5 Å². The zero-order valence-electron chi connectivity index (χ0n) is 16.4. The van der Waals surface area contributed by atoms with Crippen LogP contribution in [0.25, 0.3) is 0 Å². The largest absolute Gasteiger partial charge is 0.349 e. The molecule has 0 aromatic carbocycles. The molecule has 0 saturated heterocycles. The highest BCUT2D eigenvalue weighted by atomic mass is 16.2. The Hall–Kier alpha value is -3.29. The summed E-state index contributed by atoms with van der Waals surface area (Å²) < 4.78 is 3.44. The molecule has 1 aliphatic rings. The molecule has 8 heteroatoms. The normalized spacial score (nSPS) is 19.1. The quantitative estimate of drug-likeness (QED) is 0.718. The molecular formula is C21H24N6O2. The zero-order valence-corrected chi connectivity index (χ0v) is 16.4. The molecule has 0 bridgehead atoms. The third kappa shape index (κ3) is 4.26. The third-order valence-electron chi connectivity index (χ3n) is 5.52. The molecule has 1 amide bonds. The molecule has 3 heterocycles. The maximum absolute atomic E-state index is 12.9. The van der Waals surface area contributed by atoms with Gasteiger partial charge in [0.2, 0.25) is 0 Å². The highest BCUT2D eigenvalue weighted by Crippen LogP contribution is 2.27. The number of carbonyl (C=O) groups excluding carboxylic acids is 1. The van der Waals surface area contributed by atoms with Crippen LogP contribution in [-0.4, -0.2) is 36.3 Å². The Labute approximate surface area is 168 Å². The van der Waals surface area contributed by atoms with Crippen LogP contribution in [0.2, 0.25) is 0 Å². The summed E-state index contributed by atoms with van der Waals surface area (Å²) in [6.45, 7) is 2.18. The van der Waals surface area contributed by atoms with Crippen LogP contribution in [0.5, 0.6) is 0 Å². The molecule has 150 valence electrons. The van der Waals surface area contributed by atoms with Crippen molar-refractivity contribution in [2.45, 2.75) is 51.2 Å². The van der Waals surface area contributed by atoms with Gasteiger partial charge < -0.3 is 9.88 Å². The van der Waals surface area contributed by atoms with Gasteiger partial charge >= 0.3 is 0 Å². The number of nitrogens with zero attached hydrogens (tertiary/aromatic N) is 5. The first-order valence-electron chi connectivity index (χ1n) is 9.85. The number of pyridine rings is 2. The van der Waals surface area contributed by atoms with E-state index in [1.165, 1.54) is 0 Å². The Morgan fingerprint density at radius 2 is 2.03 bits per heavy atom. The van der Waals surface area contributed by atoms with Gasteiger partial charge in [-0.15, -0.1) is 0 Å². The van der Waals surface area contributed by atoms with E-state index in [1.807, 2.05) is 22.9 Å². The molecule has 0 spiro atoms. The van der Waals surface area contributed by atoms with E-state index < -0.39 is 0 Å². The predicted octanol–water partition coefficient (Wildman–Crippen LogP) is 2.11. The molecule has 0 aliphatic heterocycles. The van der Waals surface area contributed by atoms with E-state index in [0.29, 0.717) is 18.2 Å². The topological polar surface area (TPSA) is 94.7 Å². The highest BCUT2D eigenvalue weighted by molar-refractivity contribution is 5.95. The van der Waals surface area contributed by atoms with Gasteiger partial charge in [0.15, 0.2) is 0 Å². The number of hydrogen-bond donors (Lipinski definition) is 1. The predicted molar refractivity (Wildman–Crippen MR) is 108 cm³/mol. The Bertz CT molecular complexity index is 1020. The number of amides is 1. The van der Waals surface area contributed by atoms with Gasteiger partial charge in [0.05, 0.1) is 12.6 Å². The first kappa shape index (κ1) is 19.0. The van der Waals surface area contributed by atoms with Crippen LogP contribution in [-0.2, 0) is 6.54 Å². The maximum atomic E-state index is 12.9. The second-order valence-electron chi connectivity index (χ2n) is 7.52. The van der Waals surface area contributed by atoms with Crippen molar-refractivity contribution in [3.05, 3.63) is 76.5 Å². The number of carbonyl (C=O) groups is 1. The van der Waals surface area contributed by atoms with Gasteiger partial charge in [-0.3, -0.25) is 14.6 Å². The first-order valence-corrected chi connectivity index (χ1v) is 9.85. The summed E-state index contributed by atoms with van der Waals surface area (Å²) in [5, 5.41) is 7.27. The van der Waals surface area contributed by atoms with Crippen LogP contribution in [0.1, 0.15) is 53.2 Å². The molecule has 29 heavy (non-hydrogen) atoms. The third-order valence-corrected chi connectivity index (χ3v) is 5.52. The van der Waals surface area contributed by atoms with Crippen molar-refractivity contribution < 1.29 is 4.79 Å². The van der Waals surface area contributed by atoms with Crippen LogP contribution in [0.15, 0.2) is 54.2 Å². The Kier molecular flexibility index (Phi) is 5.50. The van der Waals surface area contributed by atoms with Crippen LogP contribution >= 0.6 is 0 Å². The lowest BCUT2D eigenvalue weighted by atomic mass is 9.91. The highest BCUT2D eigenvalue weighted by Gasteiger charge is 2.25. The zero-order chi connectivity index (χ0) is 20.2. The van der Waals surface area contributed by atoms with Gasteiger partial charge in [-0.2, -0.15) is 5.10 Å². The second-order valence-corrected chi connectivity index (χ2v) is 7.52. The van der Waals surface area contributed by atoms with Crippen LogP contribution in [0, 0.1) is 6.92 Å². The van der Waals surface area contributed by atoms with E-state index in [2.05, 4.69) is 20.4 Å². The summed E-state index contributed by atoms with van der Waals surface area (Å²) in [6, 6.07) is 5.94. The maximum Gasteiger partial charge on any atom is 0.263 e. The minimum Gasteiger partial charge on any atom is -0.349 e. The second kappa shape index (κ2) is 8.38. The Balaban J connectivity index is 1.44. The summed E-state index contributed by atoms with van der Waals surface area (Å²) in [4.78, 5) is 33.9. The van der Waals surface area contributed by atoms with E-state index in [1.54, 1.807) is 42.7 Å². The van der Waals surface area contributed by atoms with Gasteiger partial charge in [-0.05, 0) is 55.9 Å². The SMILES string of the molecule is Cc1ccn(Cc2cccnc2)c(=O)c1C(=O)NC1CCC(n2cncn2)CC1. The number of nitrogens with one attached hydrogen (secondary N) is 1. The Morgan fingerprint density at radius 3 is 2.72 bits per heavy atom. The van der Waals surface area contributed by atoms with Gasteiger partial charge in [-0.1, -0.05) is 6.07 Å². The van der Waals surface area contributed by atoms with Gasteiger partial charge in [-0.25, -0.2) is 9.67 Å². The monoisotopic (exact) mass is 392 g/mol. The fourth-order valence-corrected chi connectivity index (χ4v) is 3.90. The number of rotatable bonds is 5. The molecule has 4 rings (SSSR count). The number of aromatic nitrogens is 5. The van der Waals surface area contributed by atoms with E-state index in [9.17, 15) is 9.59 Å². The summed E-state index contributed by atoms with van der Waals surface area (Å²) in [5.41, 5.74) is 1.54. The lowest BCUT2D eigenvalue weighted by molar-refractivity contribution is 0.0919. The molecule has 0 atom stereocenters. The van der Waals surface area contributed by atoms with Gasteiger partial charge in [0, 0.05) is 24.6 Å². The first-order chi connectivity index (χ1) is 14.1. The van der Waals surface area contributed by atoms with Crippen molar-refractivity contribution in [2.24, 2.45) is 0 Å². The van der Waals surface area contributed by atoms with Crippen molar-refractivity contribution in [1.29, 1.82) is 0 Å². The molecule has 8 nitrogen and oxygen atoms in total. The van der Waals surface area contributed by atoms with Gasteiger partial charge in [0.1, 0.15) is 18.2 Å². The average molecular weight is 392 g/mol. The molecule has 1 N–H and O–H groups in total. The lowest BCUT2D eigenvalue weighted by Gasteiger charge is -2.29.